The first-order valence-electron chi connectivity index (χ1n) is 15.3. The lowest BCUT2D eigenvalue weighted by Crippen LogP contribution is -2.26. The van der Waals surface area contributed by atoms with E-state index in [4.69, 9.17) is 0 Å². The lowest BCUT2D eigenvalue weighted by molar-refractivity contribution is -0.384. The van der Waals surface area contributed by atoms with Gasteiger partial charge in [-0.15, -0.1) is 0 Å². The first kappa shape index (κ1) is 33.9. The summed E-state index contributed by atoms with van der Waals surface area (Å²) in [5.74, 6) is 0.427. The minimum atomic E-state index is -0.297. The number of allylic oxidation sites excluding steroid dienone is 1. The molecule has 0 aliphatic heterocycles. The second-order valence-corrected chi connectivity index (χ2v) is 11.3. The molecule has 0 heterocycles. The van der Waals surface area contributed by atoms with Gasteiger partial charge in [-0.25, -0.2) is 0 Å². The molecular formula is C35H49NO5. The van der Waals surface area contributed by atoms with Crippen molar-refractivity contribution < 1.29 is 19.2 Å². The van der Waals surface area contributed by atoms with Gasteiger partial charge in [-0.1, -0.05) is 91.4 Å². The van der Waals surface area contributed by atoms with Crippen LogP contribution in [0.4, 0.5) is 5.69 Å². The Labute approximate surface area is 246 Å². The fourth-order valence-corrected chi connectivity index (χ4v) is 6.02. The predicted molar refractivity (Wildman–Crippen MR) is 167 cm³/mol. The minimum Gasteiger partial charge on any atom is -0.469 e. The molecule has 0 aromatic heterocycles. The van der Waals surface area contributed by atoms with Crippen molar-refractivity contribution in [2.75, 3.05) is 7.11 Å². The summed E-state index contributed by atoms with van der Waals surface area (Å²) in [4.78, 5) is 34.4. The van der Waals surface area contributed by atoms with E-state index < -0.39 is 0 Å². The Morgan fingerprint density at radius 2 is 1.49 bits per heavy atom. The molecule has 1 unspecified atom stereocenters. The molecule has 0 saturated carbocycles. The molecule has 2 aromatic rings. The quantitative estimate of drug-likeness (QED) is 0.0707. The van der Waals surface area contributed by atoms with Crippen LogP contribution < -0.4 is 0 Å². The number of non-ortho nitro benzene ring substituents is 1. The van der Waals surface area contributed by atoms with Gasteiger partial charge in [0.25, 0.3) is 5.69 Å². The largest absolute Gasteiger partial charge is 0.469 e. The number of unbranched alkanes of at least 4 members (excludes halogenated alkanes) is 2. The number of carbonyl (C=O) groups excluding carboxylic acids is 2. The highest BCUT2D eigenvalue weighted by Crippen LogP contribution is 2.55. The van der Waals surface area contributed by atoms with Crippen molar-refractivity contribution >= 4 is 17.4 Å². The SMILES string of the molecule is C=C(CCC(CC)CCC)C(=O)c1ccc2c(c1)C(CCCC)(CCCC)c1cc([N+](=O)[O-])ccc1-2.COC(C)=O. The van der Waals surface area contributed by atoms with Crippen LogP contribution in [-0.2, 0) is 14.9 Å². The summed E-state index contributed by atoms with van der Waals surface area (Å²) in [7, 11) is 1.35. The number of nitro benzene ring substituents is 1. The Balaban J connectivity index is 0.00000108. The summed E-state index contributed by atoms with van der Waals surface area (Å²) in [6, 6.07) is 11.4. The lowest BCUT2D eigenvalue weighted by atomic mass is 9.70. The van der Waals surface area contributed by atoms with Crippen LogP contribution in [0.2, 0.25) is 0 Å². The smallest absolute Gasteiger partial charge is 0.302 e. The number of benzene rings is 2. The Morgan fingerprint density at radius 3 is 1.98 bits per heavy atom. The Hall–Kier alpha value is -3.28. The fourth-order valence-electron chi connectivity index (χ4n) is 6.02. The standard InChI is InChI=1S/C32H43NO3.C3H6O2/c1-6-10-19-32(20-11-7-2)29-21-25(31(34)23(5)13-14-24(9-4)12-8-3)15-17-27(29)28-18-16-26(33(35)36)22-30(28)32;1-3(4)5-2/h15-18,21-22,24H,5-14,19-20H2,1-4H3;1-2H3. The molecule has 0 saturated heterocycles. The molecule has 3 rings (SSSR count). The topological polar surface area (TPSA) is 86.5 Å². The number of esters is 1. The van der Waals surface area contributed by atoms with Crippen molar-refractivity contribution in [1.29, 1.82) is 0 Å². The molecule has 0 amide bonds. The van der Waals surface area contributed by atoms with Gasteiger partial charge in [0, 0.05) is 30.0 Å². The van der Waals surface area contributed by atoms with E-state index in [0.29, 0.717) is 17.1 Å². The van der Waals surface area contributed by atoms with Crippen LogP contribution in [0.1, 0.15) is 127 Å². The van der Waals surface area contributed by atoms with E-state index >= 15 is 0 Å². The summed E-state index contributed by atoms with van der Waals surface area (Å²) in [6.45, 7) is 14.3. The third kappa shape index (κ3) is 8.37. The molecule has 0 bridgehead atoms. The van der Waals surface area contributed by atoms with Crippen molar-refractivity contribution in [2.24, 2.45) is 5.92 Å². The summed E-state index contributed by atoms with van der Waals surface area (Å²) in [5, 5.41) is 11.7. The number of nitro groups is 1. The zero-order valence-electron chi connectivity index (χ0n) is 26.0. The molecule has 1 aliphatic rings. The van der Waals surface area contributed by atoms with Crippen LogP contribution in [0, 0.1) is 16.0 Å². The van der Waals surface area contributed by atoms with Crippen molar-refractivity contribution in [3.63, 3.8) is 0 Å². The molecule has 2 aromatic carbocycles. The van der Waals surface area contributed by atoms with Gasteiger partial charge in [0.2, 0.25) is 0 Å². The molecule has 6 nitrogen and oxygen atoms in total. The third-order valence-corrected chi connectivity index (χ3v) is 8.47. The van der Waals surface area contributed by atoms with Gasteiger partial charge in [0.05, 0.1) is 12.0 Å². The number of fused-ring (bicyclic) bond motifs is 3. The monoisotopic (exact) mass is 563 g/mol. The van der Waals surface area contributed by atoms with Crippen LogP contribution in [-0.4, -0.2) is 23.8 Å². The second kappa shape index (κ2) is 16.2. The van der Waals surface area contributed by atoms with Crippen LogP contribution in [0.3, 0.4) is 0 Å². The highest BCUT2D eigenvalue weighted by atomic mass is 16.6. The average Bonchev–Trinajstić information content (AvgIpc) is 3.25. The van der Waals surface area contributed by atoms with Gasteiger partial charge in [0.1, 0.15) is 0 Å². The first-order valence-corrected chi connectivity index (χ1v) is 15.3. The number of rotatable bonds is 15. The van der Waals surface area contributed by atoms with Gasteiger partial charge in [0.15, 0.2) is 5.78 Å². The van der Waals surface area contributed by atoms with Crippen molar-refractivity contribution in [3.05, 3.63) is 75.4 Å². The average molecular weight is 564 g/mol. The van der Waals surface area contributed by atoms with E-state index in [1.807, 2.05) is 12.1 Å². The third-order valence-electron chi connectivity index (χ3n) is 8.47. The van der Waals surface area contributed by atoms with Gasteiger partial charge in [-0.3, -0.25) is 19.7 Å². The molecule has 6 heteroatoms. The molecule has 0 spiro atoms. The zero-order chi connectivity index (χ0) is 30.6. The second-order valence-electron chi connectivity index (χ2n) is 11.3. The molecule has 0 radical (unpaired) electrons. The maximum absolute atomic E-state index is 13.5. The minimum absolute atomic E-state index is 0.0333. The van der Waals surface area contributed by atoms with E-state index in [-0.39, 0.29) is 27.8 Å². The number of carbonyl (C=O) groups is 2. The number of hydrogen-bond donors (Lipinski definition) is 0. The molecule has 41 heavy (non-hydrogen) atoms. The Kier molecular flexibility index (Phi) is 13.4. The molecule has 1 aliphatic carbocycles. The number of ether oxygens (including phenoxy) is 1. The normalized spacial score (nSPS) is 13.3. The van der Waals surface area contributed by atoms with Gasteiger partial charge >= 0.3 is 5.97 Å². The van der Waals surface area contributed by atoms with E-state index in [1.54, 1.807) is 12.1 Å². The van der Waals surface area contributed by atoms with Gasteiger partial charge < -0.3 is 4.74 Å². The van der Waals surface area contributed by atoms with E-state index in [0.717, 1.165) is 80.0 Å². The number of hydrogen-bond acceptors (Lipinski definition) is 5. The summed E-state index contributed by atoms with van der Waals surface area (Å²) in [5.41, 5.74) is 5.63. The van der Waals surface area contributed by atoms with E-state index in [1.165, 1.54) is 26.9 Å². The van der Waals surface area contributed by atoms with E-state index in [9.17, 15) is 19.7 Å². The molecule has 224 valence electrons. The van der Waals surface area contributed by atoms with Crippen LogP contribution in [0.25, 0.3) is 11.1 Å². The number of ketones is 1. The lowest BCUT2D eigenvalue weighted by Gasteiger charge is -2.32. The zero-order valence-corrected chi connectivity index (χ0v) is 26.0. The van der Waals surface area contributed by atoms with Crippen molar-refractivity contribution in [1.82, 2.24) is 0 Å². The predicted octanol–water partition coefficient (Wildman–Crippen LogP) is 9.77. The summed E-state index contributed by atoms with van der Waals surface area (Å²) in [6.07, 6.45) is 11.3. The molecule has 1 atom stereocenters. The molecule has 0 fully saturated rings. The first-order chi connectivity index (χ1) is 19.6. The van der Waals surface area contributed by atoms with Gasteiger partial charge in [-0.05, 0) is 71.6 Å². The van der Waals surface area contributed by atoms with E-state index in [2.05, 4.69) is 51.1 Å². The maximum atomic E-state index is 13.5. The highest BCUT2D eigenvalue weighted by Gasteiger charge is 2.43. The summed E-state index contributed by atoms with van der Waals surface area (Å²) >= 11 is 0. The van der Waals surface area contributed by atoms with Crippen LogP contribution in [0.5, 0.6) is 0 Å². The molecule has 0 N–H and O–H groups in total. The number of nitrogens with zero attached hydrogens (tertiary/aromatic N) is 1. The maximum Gasteiger partial charge on any atom is 0.302 e. The Bertz CT molecular complexity index is 1210. The van der Waals surface area contributed by atoms with Crippen LogP contribution >= 0.6 is 0 Å². The fraction of sp³-hybridized carbons (Fsp3) is 0.543. The number of methoxy groups -OCH3 is 1. The van der Waals surface area contributed by atoms with Crippen LogP contribution in [0.15, 0.2) is 48.6 Å². The van der Waals surface area contributed by atoms with Gasteiger partial charge in [-0.2, -0.15) is 0 Å². The number of Topliss-reactive ketones (excluding diaryl/α,β-unsaturated/α-hetero) is 1. The summed E-state index contributed by atoms with van der Waals surface area (Å²) < 4.78 is 4.11. The molecular weight excluding hydrogens is 514 g/mol. The van der Waals surface area contributed by atoms with Crippen molar-refractivity contribution in [3.8, 4) is 11.1 Å². The Morgan fingerprint density at radius 1 is 0.927 bits per heavy atom. The highest BCUT2D eigenvalue weighted by molar-refractivity contribution is 6.09. The van der Waals surface area contributed by atoms with Crippen molar-refractivity contribution in [2.45, 2.75) is 111 Å².